The molecule has 6 aliphatic carbocycles. The third kappa shape index (κ3) is 15.7. The molecule has 27 rings (SSSR count). The Morgan fingerprint density at radius 3 is 0.917 bits per heavy atom. The Hall–Kier alpha value is -16.4. The first-order valence-corrected chi connectivity index (χ1v) is 51.1. The van der Waals surface area contributed by atoms with Gasteiger partial charge in [0.1, 0.15) is 0 Å². The second kappa shape index (κ2) is 37.9. The van der Waals surface area contributed by atoms with E-state index < -0.39 is 0 Å². The summed E-state index contributed by atoms with van der Waals surface area (Å²) in [7, 11) is 0. The second-order valence-electron chi connectivity index (χ2n) is 41.5. The molecule has 144 heavy (non-hydrogen) atoms. The zero-order valence-corrected chi connectivity index (χ0v) is 84.5. The van der Waals surface area contributed by atoms with Crippen molar-refractivity contribution in [2.75, 3.05) is 0 Å². The van der Waals surface area contributed by atoms with E-state index >= 15 is 0 Å². The van der Waals surface area contributed by atoms with Gasteiger partial charge in [0.05, 0.1) is 16.2 Å². The van der Waals surface area contributed by atoms with E-state index in [0.29, 0.717) is 0 Å². The Bertz CT molecular complexity index is 8120. The van der Waals surface area contributed by atoms with Gasteiger partial charge in [0.25, 0.3) is 0 Å². The van der Waals surface area contributed by atoms with Gasteiger partial charge in [-0.25, -0.2) is 0 Å². The van der Waals surface area contributed by atoms with E-state index in [2.05, 4.69) is 593 Å². The summed E-state index contributed by atoms with van der Waals surface area (Å²) in [6, 6.07) is 186. The first-order chi connectivity index (χ1) is 70.2. The molecule has 0 saturated heterocycles. The van der Waals surface area contributed by atoms with Crippen molar-refractivity contribution in [3.63, 3.8) is 0 Å². The minimum absolute atomic E-state index is 0.0490. The second-order valence-corrected chi connectivity index (χ2v) is 41.5. The van der Waals surface area contributed by atoms with Crippen LogP contribution in [0.1, 0.15) is 175 Å². The van der Waals surface area contributed by atoms with Crippen LogP contribution in [-0.4, -0.2) is 0 Å². The lowest BCUT2D eigenvalue weighted by molar-refractivity contribution is 0.660. The summed E-state index contributed by atoms with van der Waals surface area (Å²) >= 11 is 0. The molecular formula is C144H120. The highest BCUT2D eigenvalue weighted by Gasteiger charge is 2.50. The van der Waals surface area contributed by atoms with Crippen molar-refractivity contribution >= 4 is 0 Å². The van der Waals surface area contributed by atoms with Crippen LogP contribution in [0.15, 0.2) is 510 Å². The third-order valence-electron chi connectivity index (χ3n) is 31.8. The van der Waals surface area contributed by atoms with Crippen LogP contribution in [0.2, 0.25) is 0 Å². The molecule has 0 heteroatoms. The fourth-order valence-corrected chi connectivity index (χ4v) is 25.1. The minimum atomic E-state index is -0.263. The van der Waals surface area contributed by atoms with E-state index in [1.165, 1.54) is 234 Å². The summed E-state index contributed by atoms with van der Waals surface area (Å²) < 4.78 is 0. The lowest BCUT2D eigenvalue weighted by Crippen LogP contribution is -2.28. The molecule has 21 aromatic rings. The highest BCUT2D eigenvalue weighted by molar-refractivity contribution is 5.94. The fourth-order valence-electron chi connectivity index (χ4n) is 25.1. The van der Waals surface area contributed by atoms with Gasteiger partial charge in [-0.1, -0.05) is 561 Å². The summed E-state index contributed by atoms with van der Waals surface area (Å²) in [4.78, 5) is 0. The molecule has 0 saturated carbocycles. The number of rotatable bonds is 9. The lowest BCUT2D eigenvalue weighted by Gasteiger charge is -2.34. The standard InChI is InChI=1S/3C26H20.3C22H20/c1-19-11-10-18-24-25(19)22-16-8-9-17-23(22)26(24,20-12-4-2-5-13-20)21-14-6-3-7-15-21;1-19-16-17-25-23(18-19)22-14-8-9-15-24(22)26(25,20-10-4-2-5-11-20)21-12-6-3-7-13-21;1-19-16-17-23-22-14-8-9-15-24(22)26(25(23)18-19,20-10-4-2-5-11-20)21-12-6-3-7-13-21;1-15-11-13-16(14-12-15)17-8-6-9-19-18-7-4-5-10-20(18)22(2,3)21(17)19;1-15-13-17(16-9-5-4-6-10-16)14-20-21(15)18-11-7-8-12-19(18)22(20,2)3;1-15-8-10-16(11-9-15)17-12-13-21-19(14-17)18-6-4-5-7-20(18)22(21,2)3/h3*2-18H,1H3;3*4-14H,1-3H3. The average molecular weight is 1850 g/mol. The van der Waals surface area contributed by atoms with Gasteiger partial charge < -0.3 is 0 Å². The van der Waals surface area contributed by atoms with Gasteiger partial charge in [-0.2, -0.15) is 0 Å². The molecule has 0 N–H and O–H groups in total. The third-order valence-corrected chi connectivity index (χ3v) is 31.8. The first kappa shape index (κ1) is 92.6. The van der Waals surface area contributed by atoms with E-state index in [1.807, 2.05) is 0 Å². The maximum absolute atomic E-state index is 2.39. The van der Waals surface area contributed by atoms with Crippen molar-refractivity contribution in [3.05, 3.63) is 643 Å². The molecule has 0 atom stereocenters. The van der Waals surface area contributed by atoms with Crippen LogP contribution >= 0.6 is 0 Å². The van der Waals surface area contributed by atoms with Crippen LogP contribution in [0.4, 0.5) is 0 Å². The summed E-state index contributed by atoms with van der Waals surface area (Å²) in [5, 5.41) is 0. The predicted octanol–water partition coefficient (Wildman–Crippen LogP) is 37.0. The monoisotopic (exact) mass is 1850 g/mol. The number of fused-ring (bicyclic) bond motifs is 18. The van der Waals surface area contributed by atoms with Gasteiger partial charge in [-0.05, 0) is 265 Å². The van der Waals surface area contributed by atoms with Crippen molar-refractivity contribution in [3.8, 4) is 100 Å². The number of benzene rings is 21. The van der Waals surface area contributed by atoms with E-state index in [9.17, 15) is 0 Å². The highest BCUT2D eigenvalue weighted by Crippen LogP contribution is 2.62. The van der Waals surface area contributed by atoms with Gasteiger partial charge in [0.15, 0.2) is 0 Å². The highest BCUT2D eigenvalue weighted by atomic mass is 14.5. The Balaban J connectivity index is 0.0000000988. The van der Waals surface area contributed by atoms with Crippen LogP contribution in [-0.2, 0) is 32.5 Å². The SMILES string of the molecule is Cc1cc(-c2ccccc2)cc2c1-c1ccccc1C2(C)C.Cc1ccc(-c2ccc3c(c2)-c2ccccc2C3(C)C)cc1.Cc1ccc(-c2cccc3c2C(C)(C)c2ccccc2-3)cc1.Cc1ccc2c(c1)-c1ccccc1C2(c1ccccc1)c1ccccc1.Cc1ccc2c(c1)C(c1ccccc1)(c1ccccc1)c1ccccc1-2.Cc1cccc2c1-c1ccccc1C2(c1ccccc1)c1ccccc1. The van der Waals surface area contributed by atoms with Crippen LogP contribution in [0.25, 0.3) is 100 Å². The van der Waals surface area contributed by atoms with Gasteiger partial charge in [-0.3, -0.25) is 0 Å². The Morgan fingerprint density at radius 2 is 0.417 bits per heavy atom. The van der Waals surface area contributed by atoms with E-state index in [0.717, 1.165) is 0 Å². The summed E-state index contributed by atoms with van der Waals surface area (Å²) in [6.07, 6.45) is 0. The molecule has 0 heterocycles. The Kier molecular flexibility index (Phi) is 24.4. The molecule has 696 valence electrons. The summed E-state index contributed by atoms with van der Waals surface area (Å²) in [5.74, 6) is 0. The van der Waals surface area contributed by atoms with Crippen LogP contribution in [0.3, 0.4) is 0 Å². The molecule has 0 aliphatic heterocycles. The quantitative estimate of drug-likeness (QED) is 0.135. The smallest absolute Gasteiger partial charge is 0.0622 e. The summed E-state index contributed by atoms with van der Waals surface area (Å²) in [5.41, 5.74) is 56.6. The van der Waals surface area contributed by atoms with Crippen LogP contribution < -0.4 is 0 Å². The van der Waals surface area contributed by atoms with Crippen LogP contribution in [0.5, 0.6) is 0 Å². The maximum atomic E-state index is 2.39. The van der Waals surface area contributed by atoms with Crippen molar-refractivity contribution in [1.29, 1.82) is 0 Å². The Labute approximate surface area is 852 Å². The zero-order valence-electron chi connectivity index (χ0n) is 84.5. The molecule has 0 aromatic heterocycles. The van der Waals surface area contributed by atoms with Crippen molar-refractivity contribution in [1.82, 2.24) is 0 Å². The normalized spacial score (nSPS) is 14.2. The van der Waals surface area contributed by atoms with Crippen molar-refractivity contribution in [2.24, 2.45) is 0 Å². The molecule has 0 bridgehead atoms. The minimum Gasteiger partial charge on any atom is -0.0622 e. The summed E-state index contributed by atoms with van der Waals surface area (Å²) in [6.45, 7) is 27.1. The maximum Gasteiger partial charge on any atom is 0.0713 e. The first-order valence-electron chi connectivity index (χ1n) is 51.1. The molecule has 0 radical (unpaired) electrons. The van der Waals surface area contributed by atoms with E-state index in [4.69, 9.17) is 0 Å². The molecule has 21 aromatic carbocycles. The molecule has 0 nitrogen and oxygen atoms in total. The van der Waals surface area contributed by atoms with E-state index in [-0.39, 0.29) is 32.5 Å². The molecular weight excluding hydrogens is 1730 g/mol. The molecule has 0 amide bonds. The Morgan fingerprint density at radius 1 is 0.132 bits per heavy atom. The lowest BCUT2D eigenvalue weighted by atomic mass is 9.67. The molecule has 6 aliphatic rings. The van der Waals surface area contributed by atoms with Gasteiger partial charge >= 0.3 is 0 Å². The zero-order chi connectivity index (χ0) is 98.6. The van der Waals surface area contributed by atoms with Crippen LogP contribution in [0, 0.1) is 41.5 Å². The largest absolute Gasteiger partial charge is 0.0713 e. The predicted molar refractivity (Wildman–Crippen MR) is 608 cm³/mol. The number of aryl methyl sites for hydroxylation is 6. The average Bonchev–Trinajstić information content (AvgIpc) is 1.52. The van der Waals surface area contributed by atoms with Gasteiger partial charge in [-0.15, -0.1) is 0 Å². The number of hydrogen-bond donors (Lipinski definition) is 0. The fraction of sp³-hybridized carbons (Fsp3) is 0.125. The van der Waals surface area contributed by atoms with Gasteiger partial charge in [0.2, 0.25) is 0 Å². The molecule has 0 unspecified atom stereocenters. The molecule has 0 fully saturated rings. The van der Waals surface area contributed by atoms with Gasteiger partial charge in [0, 0.05) is 16.2 Å². The number of hydrogen-bond acceptors (Lipinski definition) is 0. The van der Waals surface area contributed by atoms with Crippen molar-refractivity contribution in [2.45, 2.75) is 116 Å². The van der Waals surface area contributed by atoms with E-state index in [1.54, 1.807) is 0 Å². The topological polar surface area (TPSA) is 0 Å². The molecule has 0 spiro atoms. The van der Waals surface area contributed by atoms with Crippen molar-refractivity contribution < 1.29 is 0 Å².